The van der Waals surface area contributed by atoms with Gasteiger partial charge in [0.05, 0.1) is 17.0 Å². The predicted molar refractivity (Wildman–Crippen MR) is 117 cm³/mol. The predicted octanol–water partition coefficient (Wildman–Crippen LogP) is 3.64. The Morgan fingerprint density at radius 1 is 1.29 bits per heavy atom. The summed E-state index contributed by atoms with van der Waals surface area (Å²) >= 11 is 0. The summed E-state index contributed by atoms with van der Waals surface area (Å²) in [4.78, 5) is 18.2. The van der Waals surface area contributed by atoms with Crippen LogP contribution in [0.3, 0.4) is 0 Å². The molecule has 0 aliphatic carbocycles. The molecule has 1 saturated heterocycles. The van der Waals surface area contributed by atoms with Gasteiger partial charge in [0, 0.05) is 49.9 Å². The van der Waals surface area contributed by atoms with Crippen molar-refractivity contribution in [3.05, 3.63) is 65.2 Å². The van der Waals surface area contributed by atoms with Gasteiger partial charge in [-0.15, -0.1) is 0 Å². The second kappa shape index (κ2) is 9.31. The third-order valence-corrected chi connectivity index (χ3v) is 5.65. The normalized spacial score (nSPS) is 16.4. The molecule has 0 saturated carbocycles. The van der Waals surface area contributed by atoms with Gasteiger partial charge in [0.1, 0.15) is 18.1 Å². The van der Waals surface area contributed by atoms with Crippen molar-refractivity contribution < 1.29 is 14.1 Å². The minimum absolute atomic E-state index is 0.0208. The summed E-state index contributed by atoms with van der Waals surface area (Å²) in [5.74, 6) is 1.64. The van der Waals surface area contributed by atoms with Gasteiger partial charge in [0.2, 0.25) is 5.91 Å². The summed E-state index contributed by atoms with van der Waals surface area (Å²) in [6.07, 6.45) is 2.75. The maximum atomic E-state index is 11.4. The van der Waals surface area contributed by atoms with Gasteiger partial charge in [-0.05, 0) is 50.6 Å². The number of hydrogen-bond acceptors (Lipinski definition) is 6. The Labute approximate surface area is 182 Å². The quantitative estimate of drug-likeness (QED) is 0.629. The number of hydrogen-bond donors (Lipinski definition) is 1. The van der Waals surface area contributed by atoms with Crippen molar-refractivity contribution in [3.8, 4) is 17.0 Å². The van der Waals surface area contributed by atoms with Crippen molar-refractivity contribution in [2.24, 2.45) is 0 Å². The van der Waals surface area contributed by atoms with Gasteiger partial charge in [0.15, 0.2) is 0 Å². The van der Waals surface area contributed by atoms with Gasteiger partial charge in [-0.25, -0.2) is 0 Å². The van der Waals surface area contributed by atoms with Crippen LogP contribution >= 0.6 is 0 Å². The number of carbonyl (C=O) groups is 1. The van der Waals surface area contributed by atoms with Crippen LogP contribution in [0.25, 0.3) is 11.3 Å². The van der Waals surface area contributed by atoms with Crippen LogP contribution in [-0.4, -0.2) is 40.1 Å². The highest BCUT2D eigenvalue weighted by Gasteiger charge is 2.24. The largest absolute Gasteiger partial charge is 0.488 e. The number of pyridine rings is 1. The Morgan fingerprint density at radius 3 is 2.87 bits per heavy atom. The molecule has 1 N–H and O–H groups in total. The Kier molecular flexibility index (Phi) is 6.32. The van der Waals surface area contributed by atoms with Crippen molar-refractivity contribution in [1.82, 2.24) is 20.4 Å². The maximum Gasteiger partial charge on any atom is 0.217 e. The minimum Gasteiger partial charge on any atom is -0.488 e. The molecule has 2 aromatic heterocycles. The molecule has 31 heavy (non-hydrogen) atoms. The van der Waals surface area contributed by atoms with Crippen LogP contribution in [0.1, 0.15) is 35.9 Å². The summed E-state index contributed by atoms with van der Waals surface area (Å²) in [7, 11) is 0. The molecule has 1 aliphatic heterocycles. The number of benzene rings is 1. The van der Waals surface area contributed by atoms with E-state index in [-0.39, 0.29) is 11.9 Å². The van der Waals surface area contributed by atoms with Gasteiger partial charge >= 0.3 is 0 Å². The fourth-order valence-electron chi connectivity index (χ4n) is 4.02. The van der Waals surface area contributed by atoms with Crippen LogP contribution in [0, 0.1) is 13.8 Å². The van der Waals surface area contributed by atoms with Crippen LogP contribution in [0.2, 0.25) is 0 Å². The summed E-state index contributed by atoms with van der Waals surface area (Å²) in [5.41, 5.74) is 4.91. The first kappa shape index (κ1) is 21.1. The van der Waals surface area contributed by atoms with E-state index < -0.39 is 0 Å². The molecule has 3 aromatic rings. The molecule has 0 bridgehead atoms. The van der Waals surface area contributed by atoms with Gasteiger partial charge < -0.3 is 14.6 Å². The van der Waals surface area contributed by atoms with Gasteiger partial charge in [-0.1, -0.05) is 11.2 Å². The number of aryl methyl sites for hydroxylation is 2. The number of rotatable bonds is 7. The second-order valence-corrected chi connectivity index (χ2v) is 8.05. The molecule has 3 heterocycles. The lowest BCUT2D eigenvalue weighted by Crippen LogP contribution is -2.35. The van der Waals surface area contributed by atoms with E-state index in [4.69, 9.17) is 9.26 Å². The zero-order valence-electron chi connectivity index (χ0n) is 18.2. The van der Waals surface area contributed by atoms with Crippen molar-refractivity contribution in [3.63, 3.8) is 0 Å². The number of ether oxygens (including phenoxy) is 1. The average Bonchev–Trinajstić information content (AvgIpc) is 3.33. The van der Waals surface area contributed by atoms with Crippen LogP contribution in [-0.2, 0) is 17.9 Å². The Balaban J connectivity index is 1.56. The summed E-state index contributed by atoms with van der Waals surface area (Å²) in [5, 5.41) is 7.04. The van der Waals surface area contributed by atoms with Crippen molar-refractivity contribution in [2.45, 2.75) is 46.4 Å². The van der Waals surface area contributed by atoms with Crippen LogP contribution < -0.4 is 10.1 Å². The summed E-state index contributed by atoms with van der Waals surface area (Å²) < 4.78 is 11.5. The molecule has 0 spiro atoms. The lowest BCUT2D eigenvalue weighted by molar-refractivity contribution is -0.119. The maximum absolute atomic E-state index is 11.4. The number of nitrogens with one attached hydrogen (secondary N) is 1. The van der Waals surface area contributed by atoms with Gasteiger partial charge in [-0.3, -0.25) is 14.7 Å². The molecule has 0 radical (unpaired) electrons. The van der Waals surface area contributed by atoms with Crippen molar-refractivity contribution in [2.75, 3.05) is 13.1 Å². The number of amides is 1. The standard InChI is InChI=1S/C24H28N4O3/c1-16-22(17(2)31-27-16)15-30-24-8-7-19(23-6-4-5-10-25-23)12-20(24)13-28-11-9-21(14-28)26-18(3)29/h4-8,10,12,21H,9,11,13-15H2,1-3H3,(H,26,29). The average molecular weight is 421 g/mol. The molecule has 1 unspecified atom stereocenters. The molecule has 7 heteroatoms. The molecular weight excluding hydrogens is 392 g/mol. The third-order valence-electron chi connectivity index (χ3n) is 5.65. The van der Waals surface area contributed by atoms with Crippen LogP contribution in [0.5, 0.6) is 5.75 Å². The number of carbonyl (C=O) groups excluding carboxylic acids is 1. The van der Waals surface area contributed by atoms with Crippen molar-refractivity contribution >= 4 is 5.91 Å². The first-order valence-corrected chi connectivity index (χ1v) is 10.6. The minimum atomic E-state index is 0.0208. The molecule has 162 valence electrons. The highest BCUT2D eigenvalue weighted by Crippen LogP contribution is 2.29. The highest BCUT2D eigenvalue weighted by molar-refractivity contribution is 5.73. The van der Waals surface area contributed by atoms with E-state index in [2.05, 4.69) is 26.4 Å². The lowest BCUT2D eigenvalue weighted by Gasteiger charge is -2.20. The highest BCUT2D eigenvalue weighted by atomic mass is 16.5. The van der Waals surface area contributed by atoms with E-state index in [1.807, 2.05) is 44.2 Å². The molecule has 4 rings (SSSR count). The molecule has 7 nitrogen and oxygen atoms in total. The third kappa shape index (κ3) is 5.11. The summed E-state index contributed by atoms with van der Waals surface area (Å²) in [6, 6.07) is 12.3. The first-order valence-electron chi connectivity index (χ1n) is 10.6. The molecule has 1 amide bonds. The molecule has 1 aliphatic rings. The van der Waals surface area contributed by atoms with E-state index in [1.165, 1.54) is 0 Å². The molecule has 1 fully saturated rings. The van der Waals surface area contributed by atoms with Crippen molar-refractivity contribution in [1.29, 1.82) is 0 Å². The van der Waals surface area contributed by atoms with E-state index >= 15 is 0 Å². The smallest absolute Gasteiger partial charge is 0.217 e. The Hall–Kier alpha value is -3.19. The zero-order valence-corrected chi connectivity index (χ0v) is 18.2. The van der Waals surface area contributed by atoms with Gasteiger partial charge in [0.25, 0.3) is 0 Å². The van der Waals surface area contributed by atoms with E-state index in [1.54, 1.807) is 13.1 Å². The van der Waals surface area contributed by atoms with Gasteiger partial charge in [-0.2, -0.15) is 0 Å². The zero-order chi connectivity index (χ0) is 21.8. The first-order chi connectivity index (χ1) is 15.0. The fourth-order valence-corrected chi connectivity index (χ4v) is 4.02. The number of likely N-dealkylation sites (tertiary alicyclic amines) is 1. The van der Waals surface area contributed by atoms with E-state index in [0.717, 1.165) is 65.6 Å². The fraction of sp³-hybridized carbons (Fsp3) is 0.375. The van der Waals surface area contributed by atoms with Crippen LogP contribution in [0.4, 0.5) is 0 Å². The molecule has 1 atom stereocenters. The number of nitrogens with zero attached hydrogens (tertiary/aromatic N) is 3. The lowest BCUT2D eigenvalue weighted by atomic mass is 10.1. The number of aromatic nitrogens is 2. The molecular formula is C24H28N4O3. The van der Waals surface area contributed by atoms with Crippen LogP contribution in [0.15, 0.2) is 47.1 Å². The Bertz CT molecular complexity index is 1030. The SMILES string of the molecule is CC(=O)NC1CCN(Cc2cc(-c3ccccn3)ccc2OCc2c(C)noc2C)C1. The monoisotopic (exact) mass is 420 g/mol. The van der Waals surface area contributed by atoms with E-state index in [9.17, 15) is 4.79 Å². The summed E-state index contributed by atoms with van der Waals surface area (Å²) in [6.45, 7) is 8.31. The second-order valence-electron chi connectivity index (χ2n) is 8.05. The molecule has 1 aromatic carbocycles. The topological polar surface area (TPSA) is 80.5 Å². The Morgan fingerprint density at radius 2 is 2.16 bits per heavy atom. The van der Waals surface area contributed by atoms with E-state index in [0.29, 0.717) is 6.61 Å².